The minimum atomic E-state index is -0.986. The number of carboxylic acids is 1. The Balaban J connectivity index is 1.99. The van der Waals surface area contributed by atoms with Gasteiger partial charge in [-0.2, -0.15) is 0 Å². The van der Waals surface area contributed by atoms with Crippen LogP contribution < -0.4 is 5.32 Å². The molecule has 6 nitrogen and oxygen atoms in total. The fourth-order valence-corrected chi connectivity index (χ4v) is 2.13. The summed E-state index contributed by atoms with van der Waals surface area (Å²) in [6.45, 7) is 1.68. The van der Waals surface area contributed by atoms with E-state index in [0.717, 1.165) is 24.4 Å². The van der Waals surface area contributed by atoms with E-state index >= 15 is 0 Å². The monoisotopic (exact) mass is 255 g/mol. The minimum absolute atomic E-state index is 0.382. The van der Waals surface area contributed by atoms with Gasteiger partial charge in [0.15, 0.2) is 0 Å². The highest BCUT2D eigenvalue weighted by atomic mass is 32.1. The molecule has 0 aliphatic heterocycles. The van der Waals surface area contributed by atoms with Crippen LogP contribution in [0.3, 0.4) is 0 Å². The van der Waals surface area contributed by atoms with E-state index in [1.54, 1.807) is 6.92 Å². The van der Waals surface area contributed by atoms with Crippen LogP contribution in [-0.2, 0) is 4.79 Å². The summed E-state index contributed by atoms with van der Waals surface area (Å²) in [6, 6.07) is -0.809. The van der Waals surface area contributed by atoms with Crippen LogP contribution in [-0.4, -0.2) is 32.6 Å². The first kappa shape index (κ1) is 12.0. The fraction of sp³-hybridized carbons (Fsp3) is 0.600. The van der Waals surface area contributed by atoms with Crippen molar-refractivity contribution >= 4 is 23.4 Å². The Hall–Kier alpha value is -1.50. The van der Waals surface area contributed by atoms with Crippen molar-refractivity contribution < 1.29 is 14.7 Å². The number of aryl methyl sites for hydroxylation is 1. The molecule has 1 heterocycles. The van der Waals surface area contributed by atoms with Gasteiger partial charge >= 0.3 is 5.97 Å². The van der Waals surface area contributed by atoms with Gasteiger partial charge in [0.25, 0.3) is 5.91 Å². The maximum Gasteiger partial charge on any atom is 0.326 e. The number of rotatable bonds is 5. The molecule has 7 heteroatoms. The van der Waals surface area contributed by atoms with Crippen molar-refractivity contribution in [2.24, 2.45) is 5.92 Å². The molecule has 92 valence electrons. The summed E-state index contributed by atoms with van der Waals surface area (Å²) in [6.07, 6.45) is 2.62. The van der Waals surface area contributed by atoms with Crippen molar-refractivity contribution in [3.63, 3.8) is 0 Å². The van der Waals surface area contributed by atoms with Crippen molar-refractivity contribution in [1.82, 2.24) is 14.9 Å². The van der Waals surface area contributed by atoms with Crippen LogP contribution in [0, 0.1) is 12.8 Å². The molecule has 1 amide bonds. The molecular formula is C10H13N3O3S. The first-order valence-electron chi connectivity index (χ1n) is 5.40. The average Bonchev–Trinajstić information content (AvgIpc) is 2.97. The van der Waals surface area contributed by atoms with E-state index in [0.29, 0.717) is 22.9 Å². The summed E-state index contributed by atoms with van der Waals surface area (Å²) in [7, 11) is 0. The molecule has 1 aromatic heterocycles. The van der Waals surface area contributed by atoms with Gasteiger partial charge < -0.3 is 10.4 Å². The molecule has 1 unspecified atom stereocenters. The first-order chi connectivity index (χ1) is 8.08. The third-order valence-electron chi connectivity index (χ3n) is 2.73. The second-order valence-electron chi connectivity index (χ2n) is 4.23. The van der Waals surface area contributed by atoms with Gasteiger partial charge in [0.05, 0.1) is 5.69 Å². The van der Waals surface area contributed by atoms with E-state index in [9.17, 15) is 9.59 Å². The van der Waals surface area contributed by atoms with Crippen LogP contribution in [0.5, 0.6) is 0 Å². The standard InChI is InChI=1S/C10H13N3O3S/c1-5-8(17-13-12-5)9(14)11-7(10(15)16)4-6-2-3-6/h6-7H,2-4H2,1H3,(H,11,14)(H,15,16). The maximum absolute atomic E-state index is 11.8. The Morgan fingerprint density at radius 2 is 2.29 bits per heavy atom. The molecule has 1 atom stereocenters. The summed E-state index contributed by atoms with van der Waals surface area (Å²) < 4.78 is 3.65. The van der Waals surface area contributed by atoms with Crippen molar-refractivity contribution in [2.45, 2.75) is 32.2 Å². The van der Waals surface area contributed by atoms with Crippen LogP contribution >= 0.6 is 11.5 Å². The zero-order valence-electron chi connectivity index (χ0n) is 9.34. The van der Waals surface area contributed by atoms with Gasteiger partial charge in [-0.3, -0.25) is 4.79 Å². The Kier molecular flexibility index (Phi) is 3.37. The maximum atomic E-state index is 11.8. The zero-order chi connectivity index (χ0) is 12.4. The van der Waals surface area contributed by atoms with E-state index in [-0.39, 0.29) is 0 Å². The normalized spacial score (nSPS) is 16.5. The lowest BCUT2D eigenvalue weighted by atomic mass is 10.1. The predicted molar refractivity (Wildman–Crippen MR) is 60.9 cm³/mol. The van der Waals surface area contributed by atoms with Gasteiger partial charge in [-0.05, 0) is 30.8 Å². The summed E-state index contributed by atoms with van der Waals surface area (Å²) in [5.41, 5.74) is 0.531. The third kappa shape index (κ3) is 3.00. The summed E-state index contributed by atoms with van der Waals surface area (Å²) in [5, 5.41) is 15.3. The lowest BCUT2D eigenvalue weighted by Crippen LogP contribution is -2.41. The molecule has 1 saturated carbocycles. The van der Waals surface area contributed by atoms with E-state index in [1.165, 1.54) is 0 Å². The molecule has 0 aromatic carbocycles. The topological polar surface area (TPSA) is 92.2 Å². The SMILES string of the molecule is Cc1nnsc1C(=O)NC(CC1CC1)C(=O)O. The molecule has 2 N–H and O–H groups in total. The molecule has 2 rings (SSSR count). The second kappa shape index (κ2) is 4.79. The Morgan fingerprint density at radius 1 is 1.59 bits per heavy atom. The molecular weight excluding hydrogens is 242 g/mol. The van der Waals surface area contributed by atoms with Gasteiger partial charge in [0.2, 0.25) is 0 Å². The van der Waals surface area contributed by atoms with Crippen LogP contribution in [0.2, 0.25) is 0 Å². The van der Waals surface area contributed by atoms with Crippen LogP contribution in [0.15, 0.2) is 0 Å². The van der Waals surface area contributed by atoms with E-state index in [2.05, 4.69) is 14.9 Å². The van der Waals surface area contributed by atoms with Gasteiger partial charge in [-0.1, -0.05) is 17.3 Å². The number of carbonyl (C=O) groups excluding carboxylic acids is 1. The van der Waals surface area contributed by atoms with Crippen molar-refractivity contribution in [1.29, 1.82) is 0 Å². The lowest BCUT2D eigenvalue weighted by molar-refractivity contribution is -0.139. The molecule has 1 aromatic rings. The zero-order valence-corrected chi connectivity index (χ0v) is 10.2. The molecule has 1 aliphatic carbocycles. The molecule has 0 spiro atoms. The highest BCUT2D eigenvalue weighted by Crippen LogP contribution is 2.33. The smallest absolute Gasteiger partial charge is 0.326 e. The van der Waals surface area contributed by atoms with Crippen LogP contribution in [0.25, 0.3) is 0 Å². The number of carbonyl (C=O) groups is 2. The average molecular weight is 255 g/mol. The predicted octanol–water partition coefficient (Wildman–Crippen LogP) is 0.830. The van der Waals surface area contributed by atoms with Crippen LogP contribution in [0.1, 0.15) is 34.6 Å². The van der Waals surface area contributed by atoms with E-state index < -0.39 is 17.9 Å². The Morgan fingerprint density at radius 3 is 2.76 bits per heavy atom. The third-order valence-corrected chi connectivity index (χ3v) is 3.55. The fourth-order valence-electron chi connectivity index (χ4n) is 1.57. The summed E-state index contributed by atoms with van der Waals surface area (Å²) in [5.74, 6) is -0.942. The number of aromatic nitrogens is 2. The minimum Gasteiger partial charge on any atom is -0.480 e. The molecule has 0 bridgehead atoms. The van der Waals surface area contributed by atoms with Gasteiger partial charge in [-0.15, -0.1) is 5.10 Å². The second-order valence-corrected chi connectivity index (χ2v) is 4.98. The number of amides is 1. The van der Waals surface area contributed by atoms with Gasteiger partial charge in [0, 0.05) is 0 Å². The van der Waals surface area contributed by atoms with Crippen molar-refractivity contribution in [2.75, 3.05) is 0 Å². The number of hydrogen-bond donors (Lipinski definition) is 2. The van der Waals surface area contributed by atoms with E-state index in [1.807, 2.05) is 0 Å². The molecule has 17 heavy (non-hydrogen) atoms. The van der Waals surface area contributed by atoms with E-state index in [4.69, 9.17) is 5.11 Å². The number of hydrogen-bond acceptors (Lipinski definition) is 5. The Bertz CT molecular complexity index is 442. The lowest BCUT2D eigenvalue weighted by Gasteiger charge is -2.13. The number of nitrogens with zero attached hydrogens (tertiary/aromatic N) is 2. The largest absolute Gasteiger partial charge is 0.480 e. The van der Waals surface area contributed by atoms with Crippen molar-refractivity contribution in [3.8, 4) is 0 Å². The highest BCUT2D eigenvalue weighted by molar-refractivity contribution is 7.08. The number of aliphatic carboxylic acids is 1. The van der Waals surface area contributed by atoms with Crippen LogP contribution in [0.4, 0.5) is 0 Å². The Labute approximate surface area is 102 Å². The quantitative estimate of drug-likeness (QED) is 0.813. The highest BCUT2D eigenvalue weighted by Gasteiger charge is 2.31. The number of carboxylic acid groups (broad SMARTS) is 1. The molecule has 1 fully saturated rings. The summed E-state index contributed by atoms with van der Waals surface area (Å²) >= 11 is 0.980. The molecule has 0 saturated heterocycles. The molecule has 0 radical (unpaired) electrons. The van der Waals surface area contributed by atoms with Crippen molar-refractivity contribution in [3.05, 3.63) is 10.6 Å². The van der Waals surface area contributed by atoms with Gasteiger partial charge in [0.1, 0.15) is 10.9 Å². The summed E-state index contributed by atoms with van der Waals surface area (Å²) in [4.78, 5) is 23.2. The first-order valence-corrected chi connectivity index (χ1v) is 6.18. The number of nitrogens with one attached hydrogen (secondary N) is 1. The van der Waals surface area contributed by atoms with Gasteiger partial charge in [-0.25, -0.2) is 4.79 Å². The molecule has 1 aliphatic rings.